The number of carbonyl (C=O) groups is 1. The number of sulfonamides is 1. The van der Waals surface area contributed by atoms with Gasteiger partial charge in [-0.3, -0.25) is 14.4 Å². The van der Waals surface area contributed by atoms with Crippen LogP contribution in [0, 0.1) is 0 Å². The number of halogens is 3. The van der Waals surface area contributed by atoms with Crippen molar-refractivity contribution >= 4 is 48.3 Å². The largest absolute Gasteiger partial charge is 0.418 e. The summed E-state index contributed by atoms with van der Waals surface area (Å²) in [4.78, 5) is 16.5. The summed E-state index contributed by atoms with van der Waals surface area (Å²) >= 11 is 0.914. The van der Waals surface area contributed by atoms with E-state index in [4.69, 9.17) is 0 Å². The fourth-order valence-electron chi connectivity index (χ4n) is 3.11. The number of alkyl halides is 3. The SMILES string of the molecule is CN(c1ccccc1)S(=O)(=O)c1ccc(C(=O)Nc2nc3c(C(F)(F)F)cccc3s2)cc1. The summed E-state index contributed by atoms with van der Waals surface area (Å²) in [5, 5.41) is 2.48. The topological polar surface area (TPSA) is 79.4 Å². The van der Waals surface area contributed by atoms with Crippen LogP contribution in [0.1, 0.15) is 15.9 Å². The Labute approximate surface area is 191 Å². The number of thiazole rings is 1. The molecular weight excluding hydrogens is 475 g/mol. The van der Waals surface area contributed by atoms with Gasteiger partial charge in [-0.1, -0.05) is 35.6 Å². The first-order chi connectivity index (χ1) is 15.6. The fraction of sp³-hybridized carbons (Fsp3) is 0.0909. The van der Waals surface area contributed by atoms with Gasteiger partial charge in [-0.15, -0.1) is 0 Å². The molecule has 3 aromatic carbocycles. The quantitative estimate of drug-likeness (QED) is 0.406. The number of anilines is 2. The molecule has 11 heteroatoms. The molecule has 4 rings (SSSR count). The first-order valence-corrected chi connectivity index (χ1v) is 11.8. The number of para-hydroxylation sites is 2. The number of carbonyl (C=O) groups excluding carboxylic acids is 1. The molecule has 0 aliphatic rings. The van der Waals surface area contributed by atoms with E-state index in [0.29, 0.717) is 5.69 Å². The third kappa shape index (κ3) is 4.55. The predicted octanol–water partition coefficient (Wildman–Crippen LogP) is 5.39. The van der Waals surface area contributed by atoms with Crippen LogP contribution in [0.15, 0.2) is 77.7 Å². The molecule has 0 aliphatic heterocycles. The summed E-state index contributed by atoms with van der Waals surface area (Å²) in [6, 6.07) is 17.5. The Hall–Kier alpha value is -3.44. The van der Waals surface area contributed by atoms with Gasteiger partial charge in [-0.2, -0.15) is 13.2 Å². The van der Waals surface area contributed by atoms with Crippen molar-refractivity contribution in [2.45, 2.75) is 11.1 Å². The molecule has 1 amide bonds. The lowest BCUT2D eigenvalue weighted by atomic mass is 10.2. The highest BCUT2D eigenvalue weighted by Crippen LogP contribution is 2.37. The molecule has 0 atom stereocenters. The van der Waals surface area contributed by atoms with Crippen molar-refractivity contribution in [2.75, 3.05) is 16.7 Å². The third-order valence-corrected chi connectivity index (χ3v) is 7.58. The first-order valence-electron chi connectivity index (χ1n) is 9.49. The van der Waals surface area contributed by atoms with Crippen molar-refractivity contribution in [3.8, 4) is 0 Å². The molecule has 6 nitrogen and oxygen atoms in total. The maximum Gasteiger partial charge on any atom is 0.418 e. The molecule has 0 fully saturated rings. The molecule has 33 heavy (non-hydrogen) atoms. The van der Waals surface area contributed by atoms with E-state index in [-0.39, 0.29) is 25.8 Å². The minimum atomic E-state index is -4.57. The zero-order chi connectivity index (χ0) is 23.8. The molecule has 0 saturated carbocycles. The maximum absolute atomic E-state index is 13.2. The number of hydrogen-bond donors (Lipinski definition) is 1. The number of nitrogens with zero attached hydrogens (tertiary/aromatic N) is 2. The molecule has 170 valence electrons. The molecule has 0 spiro atoms. The van der Waals surface area contributed by atoms with Crippen molar-refractivity contribution in [1.82, 2.24) is 4.98 Å². The van der Waals surface area contributed by atoms with Crippen LogP contribution in [-0.4, -0.2) is 26.4 Å². The Kier molecular flexibility index (Phi) is 5.85. The standard InChI is InChI=1S/C22H16F3N3O3S2/c1-28(15-6-3-2-4-7-15)33(30,31)16-12-10-14(11-13-16)20(29)27-21-26-19-17(22(23,24)25)8-5-9-18(19)32-21/h2-13H,1H3,(H,26,27,29). The van der Waals surface area contributed by atoms with Crippen LogP contribution in [-0.2, 0) is 16.2 Å². The van der Waals surface area contributed by atoms with Crippen LogP contribution >= 0.6 is 11.3 Å². The monoisotopic (exact) mass is 491 g/mol. The summed E-state index contributed by atoms with van der Waals surface area (Å²) < 4.78 is 66.6. The number of hydrogen-bond acceptors (Lipinski definition) is 5. The molecule has 0 unspecified atom stereocenters. The number of fused-ring (bicyclic) bond motifs is 1. The number of rotatable bonds is 5. The zero-order valence-electron chi connectivity index (χ0n) is 17.0. The smallest absolute Gasteiger partial charge is 0.298 e. The molecule has 0 saturated heterocycles. The Morgan fingerprint density at radius 3 is 2.27 bits per heavy atom. The van der Waals surface area contributed by atoms with Gasteiger partial charge in [-0.25, -0.2) is 13.4 Å². The highest BCUT2D eigenvalue weighted by Gasteiger charge is 2.33. The van der Waals surface area contributed by atoms with E-state index >= 15 is 0 Å². The second-order valence-corrected chi connectivity index (χ2v) is 9.96. The Morgan fingerprint density at radius 1 is 0.970 bits per heavy atom. The second-order valence-electron chi connectivity index (χ2n) is 6.96. The van der Waals surface area contributed by atoms with Gasteiger partial charge in [0, 0.05) is 12.6 Å². The molecule has 1 aromatic heterocycles. The van der Waals surface area contributed by atoms with Gasteiger partial charge in [0.2, 0.25) is 0 Å². The lowest BCUT2D eigenvalue weighted by Crippen LogP contribution is -2.26. The number of amides is 1. The van der Waals surface area contributed by atoms with Crippen LogP contribution in [0.2, 0.25) is 0 Å². The predicted molar refractivity (Wildman–Crippen MR) is 121 cm³/mol. The molecule has 1 N–H and O–H groups in total. The summed E-state index contributed by atoms with van der Waals surface area (Å²) in [5.41, 5.74) is -0.510. The normalized spacial score (nSPS) is 12.0. The lowest BCUT2D eigenvalue weighted by molar-refractivity contribution is -0.136. The van der Waals surface area contributed by atoms with Crippen LogP contribution < -0.4 is 9.62 Å². The molecular formula is C22H16F3N3O3S2. The highest BCUT2D eigenvalue weighted by molar-refractivity contribution is 7.92. The maximum atomic E-state index is 13.2. The molecule has 1 heterocycles. The molecule has 0 radical (unpaired) electrons. The van der Waals surface area contributed by atoms with Crippen LogP contribution in [0.3, 0.4) is 0 Å². The van der Waals surface area contributed by atoms with Crippen molar-refractivity contribution < 1.29 is 26.4 Å². The Balaban J connectivity index is 1.55. The zero-order valence-corrected chi connectivity index (χ0v) is 18.6. The highest BCUT2D eigenvalue weighted by atomic mass is 32.2. The van der Waals surface area contributed by atoms with Gasteiger partial charge >= 0.3 is 6.18 Å². The molecule has 4 aromatic rings. The average molecular weight is 492 g/mol. The van der Waals surface area contributed by atoms with Crippen molar-refractivity contribution in [3.05, 3.63) is 83.9 Å². The average Bonchev–Trinajstić information content (AvgIpc) is 3.20. The van der Waals surface area contributed by atoms with Crippen LogP contribution in [0.4, 0.5) is 24.0 Å². The van der Waals surface area contributed by atoms with E-state index in [1.807, 2.05) is 0 Å². The molecule has 0 aliphatic carbocycles. The van der Waals surface area contributed by atoms with E-state index in [1.165, 1.54) is 43.4 Å². The summed E-state index contributed by atoms with van der Waals surface area (Å²) in [7, 11) is -2.42. The minimum absolute atomic E-state index is 0.00667. The van der Waals surface area contributed by atoms with Crippen molar-refractivity contribution in [2.24, 2.45) is 0 Å². The van der Waals surface area contributed by atoms with Gasteiger partial charge in [0.05, 0.1) is 26.4 Å². The first kappa shape index (κ1) is 22.7. The third-order valence-electron chi connectivity index (χ3n) is 4.84. The van der Waals surface area contributed by atoms with E-state index < -0.39 is 27.7 Å². The minimum Gasteiger partial charge on any atom is -0.298 e. The van der Waals surface area contributed by atoms with Gasteiger partial charge < -0.3 is 0 Å². The van der Waals surface area contributed by atoms with Gasteiger partial charge in [0.1, 0.15) is 0 Å². The van der Waals surface area contributed by atoms with Gasteiger partial charge in [-0.05, 0) is 48.5 Å². The van der Waals surface area contributed by atoms with E-state index in [0.717, 1.165) is 21.7 Å². The van der Waals surface area contributed by atoms with E-state index in [2.05, 4.69) is 10.3 Å². The number of nitrogens with one attached hydrogen (secondary N) is 1. The summed E-state index contributed by atoms with van der Waals surface area (Å²) in [5.74, 6) is -0.622. The van der Waals surface area contributed by atoms with Crippen LogP contribution in [0.25, 0.3) is 10.2 Å². The van der Waals surface area contributed by atoms with Crippen molar-refractivity contribution in [1.29, 1.82) is 0 Å². The van der Waals surface area contributed by atoms with E-state index in [9.17, 15) is 26.4 Å². The van der Waals surface area contributed by atoms with E-state index in [1.54, 1.807) is 30.3 Å². The molecule has 0 bridgehead atoms. The lowest BCUT2D eigenvalue weighted by Gasteiger charge is -2.19. The Bertz CT molecular complexity index is 1420. The number of benzene rings is 3. The fourth-order valence-corrected chi connectivity index (χ4v) is 5.20. The number of aromatic nitrogens is 1. The Morgan fingerprint density at radius 2 is 1.64 bits per heavy atom. The summed E-state index contributed by atoms with van der Waals surface area (Å²) in [6.07, 6.45) is -4.57. The summed E-state index contributed by atoms with van der Waals surface area (Å²) in [6.45, 7) is 0. The van der Waals surface area contributed by atoms with Gasteiger partial charge in [0.25, 0.3) is 15.9 Å². The second kappa shape index (κ2) is 8.49. The van der Waals surface area contributed by atoms with Crippen LogP contribution in [0.5, 0.6) is 0 Å². The van der Waals surface area contributed by atoms with Crippen molar-refractivity contribution in [3.63, 3.8) is 0 Å². The van der Waals surface area contributed by atoms with Gasteiger partial charge in [0.15, 0.2) is 5.13 Å².